The van der Waals surface area contributed by atoms with Crippen molar-refractivity contribution in [3.8, 4) is 17.1 Å². The second kappa shape index (κ2) is 10.9. The Bertz CT molecular complexity index is 1410. The number of nitrogens with zero attached hydrogens (tertiary/aromatic N) is 5. The van der Waals surface area contributed by atoms with Crippen molar-refractivity contribution in [2.24, 2.45) is 0 Å². The predicted octanol–water partition coefficient (Wildman–Crippen LogP) is 5.95. The Labute approximate surface area is 229 Å². The summed E-state index contributed by atoms with van der Waals surface area (Å²) in [5.41, 5.74) is 4.19. The van der Waals surface area contributed by atoms with Crippen molar-refractivity contribution in [3.05, 3.63) is 66.4 Å². The Morgan fingerprint density at radius 3 is 2.45 bits per heavy atom. The zero-order valence-corrected chi connectivity index (χ0v) is 25.4. The summed E-state index contributed by atoms with van der Waals surface area (Å²) in [4.78, 5) is 14.0. The zero-order valence-electron chi connectivity index (χ0n) is 23.6. The predicted molar refractivity (Wildman–Crippen MR) is 157 cm³/mol. The lowest BCUT2D eigenvalue weighted by Gasteiger charge is -2.36. The fraction of sp³-hybridized carbons (Fsp3) is 0.429. The van der Waals surface area contributed by atoms with Gasteiger partial charge in [-0.15, -0.1) is 4.72 Å². The fourth-order valence-electron chi connectivity index (χ4n) is 3.48. The van der Waals surface area contributed by atoms with Crippen molar-refractivity contribution in [2.45, 2.75) is 77.6 Å². The molecular weight excluding hydrogens is 513 g/mol. The van der Waals surface area contributed by atoms with Crippen LogP contribution in [0.4, 0.5) is 0 Å². The van der Waals surface area contributed by atoms with E-state index < -0.39 is 19.7 Å². The maximum absolute atomic E-state index is 12.4. The molecule has 1 atom stereocenters. The van der Waals surface area contributed by atoms with Gasteiger partial charge in [0.25, 0.3) is 0 Å². The number of benzene rings is 1. The molecule has 202 valence electrons. The smallest absolute Gasteiger partial charge is 0.192 e. The van der Waals surface area contributed by atoms with Crippen LogP contribution in [0.2, 0.25) is 18.1 Å². The second-order valence-corrected chi connectivity index (χ2v) is 18.8. The van der Waals surface area contributed by atoms with Crippen LogP contribution in [0.5, 0.6) is 0 Å². The van der Waals surface area contributed by atoms with Crippen molar-refractivity contribution >= 4 is 30.6 Å². The van der Waals surface area contributed by atoms with Gasteiger partial charge in [-0.3, -0.25) is 4.98 Å². The highest BCUT2D eigenvalue weighted by atomic mass is 32.2. The number of aromatic nitrogens is 5. The summed E-state index contributed by atoms with van der Waals surface area (Å²) in [7, 11) is -1.88. The van der Waals surface area contributed by atoms with E-state index in [1.165, 1.54) is 0 Å². The van der Waals surface area contributed by atoms with Gasteiger partial charge in [0, 0.05) is 28.5 Å². The molecule has 1 aromatic carbocycles. The van der Waals surface area contributed by atoms with Crippen LogP contribution in [-0.4, -0.2) is 42.3 Å². The lowest BCUT2D eigenvalue weighted by Crippen LogP contribution is -2.40. The molecule has 0 fully saturated rings. The maximum Gasteiger partial charge on any atom is 0.192 e. The van der Waals surface area contributed by atoms with E-state index in [2.05, 4.69) is 54.7 Å². The van der Waals surface area contributed by atoms with E-state index >= 15 is 0 Å². The summed E-state index contributed by atoms with van der Waals surface area (Å²) in [5.74, 6) is 0.738. The normalized spacial score (nSPS) is 13.7. The van der Waals surface area contributed by atoms with Gasteiger partial charge in [0.15, 0.2) is 14.1 Å². The van der Waals surface area contributed by atoms with E-state index in [1.807, 2.05) is 62.0 Å². The molecular formula is C28H38N6O2SSi. The molecule has 0 aliphatic carbocycles. The van der Waals surface area contributed by atoms with Gasteiger partial charge in [-0.25, -0.2) is 14.6 Å². The maximum atomic E-state index is 12.4. The fourth-order valence-corrected chi connectivity index (χ4v) is 5.14. The molecule has 38 heavy (non-hydrogen) atoms. The highest BCUT2D eigenvalue weighted by molar-refractivity contribution is 7.90. The van der Waals surface area contributed by atoms with Gasteiger partial charge < -0.3 is 8.98 Å². The molecule has 4 aromatic rings. The van der Waals surface area contributed by atoms with Crippen LogP contribution in [0.15, 0.2) is 55.0 Å². The first-order chi connectivity index (χ1) is 17.7. The number of hydrogen-bond donors (Lipinski definition) is 1. The first kappa shape index (κ1) is 28.4. The topological polar surface area (TPSA) is 101 Å². The van der Waals surface area contributed by atoms with Crippen molar-refractivity contribution in [1.29, 1.82) is 0 Å². The first-order valence-electron chi connectivity index (χ1n) is 12.8. The van der Waals surface area contributed by atoms with Crippen molar-refractivity contribution < 1.29 is 8.98 Å². The average molecular weight is 551 g/mol. The highest BCUT2D eigenvalue weighted by Crippen LogP contribution is 2.37. The summed E-state index contributed by atoms with van der Waals surface area (Å²) in [6, 6.07) is 12.0. The third-order valence-corrected chi connectivity index (χ3v) is 12.9. The van der Waals surface area contributed by atoms with Crippen LogP contribution >= 0.6 is 0 Å². The molecule has 3 aromatic heterocycles. The summed E-state index contributed by atoms with van der Waals surface area (Å²) >= 11 is -1.18. The van der Waals surface area contributed by atoms with Gasteiger partial charge in [0.1, 0.15) is 4.75 Å². The van der Waals surface area contributed by atoms with Crippen molar-refractivity contribution in [3.63, 3.8) is 0 Å². The summed E-state index contributed by atoms with van der Waals surface area (Å²) in [6.07, 6.45) is 5.27. The Morgan fingerprint density at radius 1 is 0.974 bits per heavy atom. The molecule has 1 unspecified atom stereocenters. The van der Waals surface area contributed by atoms with Gasteiger partial charge in [-0.1, -0.05) is 39.0 Å². The first-order valence-corrected chi connectivity index (χ1v) is 16.9. The molecule has 0 spiro atoms. The van der Waals surface area contributed by atoms with E-state index in [-0.39, 0.29) is 9.79 Å². The van der Waals surface area contributed by atoms with E-state index in [0.29, 0.717) is 13.2 Å². The number of fused-ring (bicyclic) bond motifs is 1. The van der Waals surface area contributed by atoms with Gasteiger partial charge in [-0.05, 0) is 57.1 Å². The minimum atomic E-state index is -1.88. The zero-order chi connectivity index (χ0) is 27.7. The Kier molecular flexibility index (Phi) is 8.11. The molecule has 0 radical (unpaired) electrons. The molecule has 8 nitrogen and oxygen atoms in total. The van der Waals surface area contributed by atoms with Crippen LogP contribution in [0, 0.1) is 0 Å². The third-order valence-electron chi connectivity index (χ3n) is 6.89. The SMILES string of the molecule is CC(C)(C)[S+]([O-])NCc1cncc(-c2ccc3cnn(-c4cccc(CO[Si](C)(C)C(C)(C)C)n4)c3c2)n1. The van der Waals surface area contributed by atoms with Crippen molar-refractivity contribution in [1.82, 2.24) is 29.5 Å². The third kappa shape index (κ3) is 6.49. The molecule has 0 saturated heterocycles. The second-order valence-electron chi connectivity index (χ2n) is 12.0. The lowest BCUT2D eigenvalue weighted by atomic mass is 10.1. The molecule has 4 rings (SSSR count). The van der Waals surface area contributed by atoms with Crippen LogP contribution in [-0.2, 0) is 28.9 Å². The van der Waals surface area contributed by atoms with E-state index in [4.69, 9.17) is 14.4 Å². The van der Waals surface area contributed by atoms with Gasteiger partial charge >= 0.3 is 0 Å². The molecule has 10 heteroatoms. The van der Waals surface area contributed by atoms with E-state index in [9.17, 15) is 4.55 Å². The quantitative estimate of drug-likeness (QED) is 0.214. The van der Waals surface area contributed by atoms with Gasteiger partial charge in [-0.2, -0.15) is 5.10 Å². The summed E-state index contributed by atoms with van der Waals surface area (Å²) in [6.45, 7) is 17.9. The van der Waals surface area contributed by atoms with E-state index in [1.54, 1.807) is 12.4 Å². The minimum absolute atomic E-state index is 0.138. The lowest BCUT2D eigenvalue weighted by molar-refractivity contribution is 0.272. The standard InChI is InChI=1S/C28H38N6O2SSi/c1-27(2,3)37(35)31-17-23-16-29-18-24(32-23)20-12-13-21-15-30-34(25(21)14-20)26-11-9-10-22(33-26)19-36-38(7,8)28(4,5)6/h9-16,18,31H,17,19H2,1-8H3. The Balaban J connectivity index is 1.58. The molecule has 0 aliphatic heterocycles. The molecule has 0 bridgehead atoms. The Hall–Kier alpha value is -2.63. The molecule has 3 heterocycles. The Morgan fingerprint density at radius 2 is 1.74 bits per heavy atom. The van der Waals surface area contributed by atoms with Crippen molar-refractivity contribution in [2.75, 3.05) is 0 Å². The van der Waals surface area contributed by atoms with Crippen LogP contribution in [0.3, 0.4) is 0 Å². The van der Waals surface area contributed by atoms with Crippen LogP contribution in [0.25, 0.3) is 28.0 Å². The highest BCUT2D eigenvalue weighted by Gasteiger charge is 2.37. The molecule has 0 amide bonds. The van der Waals surface area contributed by atoms with Crippen LogP contribution < -0.4 is 4.72 Å². The monoisotopic (exact) mass is 550 g/mol. The van der Waals surface area contributed by atoms with E-state index in [0.717, 1.165) is 39.4 Å². The van der Waals surface area contributed by atoms with Crippen LogP contribution in [0.1, 0.15) is 52.9 Å². The molecule has 0 aliphatic rings. The largest absolute Gasteiger partial charge is 0.598 e. The summed E-state index contributed by atoms with van der Waals surface area (Å²) in [5, 5.41) is 5.76. The number of pyridine rings is 1. The molecule has 1 N–H and O–H groups in total. The number of rotatable bonds is 8. The van der Waals surface area contributed by atoms with Gasteiger partial charge in [0.05, 0.1) is 48.1 Å². The number of nitrogens with one attached hydrogen (secondary N) is 1. The average Bonchev–Trinajstić information content (AvgIpc) is 3.28. The number of hydrogen-bond acceptors (Lipinski definition) is 7. The summed E-state index contributed by atoms with van der Waals surface area (Å²) < 4.78 is 23.3. The molecule has 0 saturated carbocycles. The minimum Gasteiger partial charge on any atom is -0.598 e. The van der Waals surface area contributed by atoms with Gasteiger partial charge in [0.2, 0.25) is 0 Å².